The largest absolute Gasteiger partial charge is 0.449 e. The van der Waals surface area contributed by atoms with E-state index in [1.165, 1.54) is 0 Å². The van der Waals surface area contributed by atoms with Gasteiger partial charge in [-0.15, -0.1) is 0 Å². The van der Waals surface area contributed by atoms with Crippen LogP contribution in [0.2, 0.25) is 0 Å². The Morgan fingerprint density at radius 3 is 2.40 bits per heavy atom. The lowest BCUT2D eigenvalue weighted by Crippen LogP contribution is -2.40. The molecule has 8 heteroatoms. The fourth-order valence-corrected chi connectivity index (χ4v) is 5.21. The number of fused-ring (bicyclic) bond motifs is 4. The van der Waals surface area contributed by atoms with Gasteiger partial charge < -0.3 is 20.5 Å². The first-order chi connectivity index (χ1) is 19.5. The predicted octanol–water partition coefficient (Wildman–Crippen LogP) is 5.17. The smallest absolute Gasteiger partial charge is 0.407 e. The predicted molar refractivity (Wildman–Crippen MR) is 154 cm³/mol. The highest BCUT2D eigenvalue weighted by Gasteiger charge is 2.29. The molecule has 1 aromatic heterocycles. The lowest BCUT2D eigenvalue weighted by molar-refractivity contribution is -0.123. The molecule has 3 N–H and O–H groups in total. The van der Waals surface area contributed by atoms with Crippen molar-refractivity contribution in [3.63, 3.8) is 0 Å². The molecule has 1 heterocycles. The number of ether oxygens (including phenoxy) is 1. The standard InChI is InChI=1S/C32H28N4O4/c1-20-7-6-8-23(15-20)36-29-16-22(14-13-21(29)17-34-36)35-31(38)30(37)18-33-32(39)40-19-28-26-11-4-2-9-24(26)25-10-3-5-12-27(25)28/h2-17,28,30,37H,18-19H2,1H3,(H,33,39)(H,35,38). The van der Waals surface area contributed by atoms with Crippen LogP contribution in [0.1, 0.15) is 22.6 Å². The monoisotopic (exact) mass is 532 g/mol. The lowest BCUT2D eigenvalue weighted by Gasteiger charge is -2.16. The van der Waals surface area contributed by atoms with Gasteiger partial charge in [-0.05, 0) is 65.1 Å². The number of aryl methyl sites for hydroxylation is 1. The van der Waals surface area contributed by atoms with Crippen LogP contribution in [0, 0.1) is 6.92 Å². The van der Waals surface area contributed by atoms with E-state index >= 15 is 0 Å². The van der Waals surface area contributed by atoms with E-state index in [-0.39, 0.29) is 19.1 Å². The van der Waals surface area contributed by atoms with Gasteiger partial charge in [0.05, 0.1) is 23.9 Å². The zero-order valence-corrected chi connectivity index (χ0v) is 21.9. The van der Waals surface area contributed by atoms with Crippen molar-refractivity contribution in [2.45, 2.75) is 18.9 Å². The van der Waals surface area contributed by atoms with E-state index in [9.17, 15) is 14.7 Å². The summed E-state index contributed by atoms with van der Waals surface area (Å²) in [5, 5.41) is 21.0. The second-order valence-corrected chi connectivity index (χ2v) is 9.88. The first-order valence-electron chi connectivity index (χ1n) is 13.1. The molecule has 4 aromatic carbocycles. The van der Waals surface area contributed by atoms with E-state index in [1.54, 1.807) is 23.0 Å². The van der Waals surface area contributed by atoms with Gasteiger partial charge in [-0.1, -0.05) is 60.7 Å². The van der Waals surface area contributed by atoms with E-state index in [4.69, 9.17) is 4.74 Å². The van der Waals surface area contributed by atoms with Crippen LogP contribution in [0.15, 0.2) is 97.2 Å². The van der Waals surface area contributed by atoms with Crippen LogP contribution in [0.3, 0.4) is 0 Å². The zero-order valence-electron chi connectivity index (χ0n) is 21.9. The molecule has 5 aromatic rings. The van der Waals surface area contributed by atoms with Crippen LogP contribution in [0.25, 0.3) is 27.7 Å². The molecular formula is C32H28N4O4. The summed E-state index contributed by atoms with van der Waals surface area (Å²) in [5.74, 6) is -0.713. The highest BCUT2D eigenvalue weighted by molar-refractivity contribution is 5.96. The summed E-state index contributed by atoms with van der Waals surface area (Å²) in [4.78, 5) is 25.1. The molecule has 200 valence electrons. The molecule has 0 saturated heterocycles. The molecule has 6 rings (SSSR count). The van der Waals surface area contributed by atoms with Gasteiger partial charge in [0.2, 0.25) is 0 Å². The van der Waals surface area contributed by atoms with Crippen LogP contribution in [-0.2, 0) is 9.53 Å². The fourth-order valence-electron chi connectivity index (χ4n) is 5.21. The van der Waals surface area contributed by atoms with Crippen LogP contribution in [-0.4, -0.2) is 46.1 Å². The number of rotatable bonds is 7. The van der Waals surface area contributed by atoms with Gasteiger partial charge in [-0.3, -0.25) is 4.79 Å². The number of carbonyl (C=O) groups excluding carboxylic acids is 2. The summed E-state index contributed by atoms with van der Waals surface area (Å²) < 4.78 is 7.29. The third-order valence-corrected chi connectivity index (χ3v) is 7.17. The maximum Gasteiger partial charge on any atom is 0.407 e. The van der Waals surface area contributed by atoms with Gasteiger partial charge >= 0.3 is 6.09 Å². The molecule has 0 spiro atoms. The van der Waals surface area contributed by atoms with E-state index in [2.05, 4.69) is 27.9 Å². The van der Waals surface area contributed by atoms with Crippen molar-refractivity contribution in [1.82, 2.24) is 15.1 Å². The highest BCUT2D eigenvalue weighted by atomic mass is 16.5. The number of hydrogen-bond acceptors (Lipinski definition) is 5. The number of benzene rings is 4. The van der Waals surface area contributed by atoms with Gasteiger partial charge in [0.1, 0.15) is 12.7 Å². The molecule has 1 aliphatic carbocycles. The summed E-state index contributed by atoms with van der Waals surface area (Å²) in [5.41, 5.74) is 7.83. The van der Waals surface area contributed by atoms with Gasteiger partial charge in [0.25, 0.3) is 5.91 Å². The maximum atomic E-state index is 12.7. The molecule has 1 atom stereocenters. The molecule has 0 radical (unpaired) electrons. The second kappa shape index (κ2) is 10.7. The van der Waals surface area contributed by atoms with Crippen molar-refractivity contribution in [1.29, 1.82) is 0 Å². The van der Waals surface area contributed by atoms with Crippen LogP contribution >= 0.6 is 0 Å². The number of aliphatic hydroxyl groups is 1. The zero-order chi connectivity index (χ0) is 27.6. The van der Waals surface area contributed by atoms with E-state index in [1.807, 2.05) is 73.7 Å². The quantitative estimate of drug-likeness (QED) is 0.268. The number of nitrogens with one attached hydrogen (secondary N) is 2. The molecule has 1 aliphatic rings. The van der Waals surface area contributed by atoms with E-state index in [0.29, 0.717) is 5.69 Å². The Hall–Kier alpha value is -4.95. The Labute approximate surface area is 231 Å². The fraction of sp³-hybridized carbons (Fsp3) is 0.156. The lowest BCUT2D eigenvalue weighted by atomic mass is 9.98. The number of hydrogen-bond donors (Lipinski definition) is 3. The molecular weight excluding hydrogens is 504 g/mol. The van der Waals surface area contributed by atoms with Crippen molar-refractivity contribution >= 4 is 28.6 Å². The average molecular weight is 533 g/mol. The number of alkyl carbamates (subject to hydrolysis) is 1. The van der Waals surface area contributed by atoms with Gasteiger partial charge in [0.15, 0.2) is 0 Å². The molecule has 2 amide bonds. The second-order valence-electron chi connectivity index (χ2n) is 9.88. The summed E-state index contributed by atoms with van der Waals surface area (Å²) in [6.07, 6.45) is -0.397. The van der Waals surface area contributed by atoms with Gasteiger partial charge in [-0.25, -0.2) is 9.48 Å². The van der Waals surface area contributed by atoms with E-state index < -0.39 is 18.1 Å². The first kappa shape index (κ1) is 25.3. The highest BCUT2D eigenvalue weighted by Crippen LogP contribution is 2.44. The minimum Gasteiger partial charge on any atom is -0.449 e. The average Bonchev–Trinajstić information content (AvgIpc) is 3.53. The number of amides is 2. The van der Waals surface area contributed by atoms with Gasteiger partial charge in [-0.2, -0.15) is 5.10 Å². The Morgan fingerprint density at radius 2 is 1.68 bits per heavy atom. The normalized spacial score (nSPS) is 12.9. The van der Waals surface area contributed by atoms with Crippen molar-refractivity contribution in [3.05, 3.63) is 114 Å². The van der Waals surface area contributed by atoms with Crippen molar-refractivity contribution < 1.29 is 19.4 Å². The summed E-state index contributed by atoms with van der Waals surface area (Å²) in [6.45, 7) is 1.88. The Balaban J connectivity index is 1.05. The Bertz CT molecular complexity index is 1680. The molecule has 8 nitrogen and oxygen atoms in total. The van der Waals surface area contributed by atoms with Crippen molar-refractivity contribution in [2.24, 2.45) is 0 Å². The minimum absolute atomic E-state index is 0.0745. The third kappa shape index (κ3) is 4.92. The number of anilines is 1. The van der Waals surface area contributed by atoms with Crippen LogP contribution in [0.4, 0.5) is 10.5 Å². The number of aromatic nitrogens is 2. The topological polar surface area (TPSA) is 105 Å². The molecule has 1 unspecified atom stereocenters. The molecule has 40 heavy (non-hydrogen) atoms. The number of aliphatic hydroxyl groups excluding tert-OH is 1. The summed E-state index contributed by atoms with van der Waals surface area (Å²) in [7, 11) is 0. The van der Waals surface area contributed by atoms with Crippen LogP contribution < -0.4 is 10.6 Å². The third-order valence-electron chi connectivity index (χ3n) is 7.17. The van der Waals surface area contributed by atoms with Crippen LogP contribution in [0.5, 0.6) is 0 Å². The van der Waals surface area contributed by atoms with Crippen molar-refractivity contribution in [3.8, 4) is 16.8 Å². The molecule has 0 fully saturated rings. The summed E-state index contributed by atoms with van der Waals surface area (Å²) in [6, 6.07) is 29.5. The summed E-state index contributed by atoms with van der Waals surface area (Å²) >= 11 is 0. The van der Waals surface area contributed by atoms with E-state index in [0.717, 1.165) is 44.4 Å². The maximum absolute atomic E-state index is 12.7. The number of carbonyl (C=O) groups is 2. The van der Waals surface area contributed by atoms with Gasteiger partial charge in [0, 0.05) is 17.0 Å². The Kier molecular flexibility index (Phi) is 6.76. The first-order valence-corrected chi connectivity index (χ1v) is 13.1. The molecule has 0 saturated carbocycles. The SMILES string of the molecule is Cc1cccc(-n2ncc3ccc(NC(=O)C(O)CNC(=O)OCC4c5ccccc5-c5ccccc54)cc32)c1. The molecule has 0 aliphatic heterocycles. The Morgan fingerprint density at radius 1 is 0.950 bits per heavy atom. The molecule has 0 bridgehead atoms. The minimum atomic E-state index is -1.46. The van der Waals surface area contributed by atoms with Crippen molar-refractivity contribution in [2.75, 3.05) is 18.5 Å². The number of nitrogens with zero attached hydrogens (tertiary/aromatic N) is 2.